The maximum absolute atomic E-state index is 4.59. The molecular formula is C73H65BN4. The second kappa shape index (κ2) is 17.6. The molecule has 380 valence electrons. The molecule has 2 atom stereocenters. The van der Waals surface area contributed by atoms with E-state index >= 15 is 0 Å². The third-order valence-corrected chi connectivity index (χ3v) is 18.3. The fourth-order valence-corrected chi connectivity index (χ4v) is 13.9. The van der Waals surface area contributed by atoms with Crippen molar-refractivity contribution in [3.05, 3.63) is 253 Å². The number of pyridine rings is 1. The Morgan fingerprint density at radius 3 is 1.72 bits per heavy atom. The highest BCUT2D eigenvalue weighted by atomic mass is 15.3. The van der Waals surface area contributed by atoms with E-state index in [1.54, 1.807) is 0 Å². The molecule has 4 aliphatic rings. The average Bonchev–Trinajstić information content (AvgIpc) is 2.89. The van der Waals surface area contributed by atoms with Crippen molar-refractivity contribution in [2.75, 3.05) is 14.7 Å². The lowest BCUT2D eigenvalue weighted by atomic mass is 9.33. The molecular weight excluding hydrogens is 944 g/mol. The van der Waals surface area contributed by atoms with Crippen LogP contribution in [-0.4, -0.2) is 11.7 Å². The van der Waals surface area contributed by atoms with Crippen LogP contribution in [0.1, 0.15) is 89.6 Å². The lowest BCUT2D eigenvalue weighted by Crippen LogP contribution is -2.61. The second-order valence-electron chi connectivity index (χ2n) is 24.7. The third-order valence-electron chi connectivity index (χ3n) is 18.3. The van der Waals surface area contributed by atoms with Gasteiger partial charge < -0.3 is 14.7 Å². The van der Waals surface area contributed by atoms with Crippen LogP contribution < -0.4 is 31.1 Å². The zero-order chi connectivity index (χ0) is 53.3. The number of fused-ring (bicyclic) bond motifs is 9. The SMILES string of the molecule is CC(C)(C)c1ccc(N2c3ccc(C(C)(C)C)cc3B3c4ccc(-c5ccccc5)cc4N(c4cccc(-c5ccccc5)c4)c4cc(N5c6ccc(-c7cccnc7)cc6C6(C)CCc7ccccc7C56C)cc2c43)cc1. The van der Waals surface area contributed by atoms with Gasteiger partial charge in [0, 0.05) is 63.3 Å². The van der Waals surface area contributed by atoms with E-state index in [9.17, 15) is 0 Å². The monoisotopic (exact) mass is 1010 g/mol. The fourth-order valence-electron chi connectivity index (χ4n) is 13.9. The summed E-state index contributed by atoms with van der Waals surface area (Å²) >= 11 is 0. The summed E-state index contributed by atoms with van der Waals surface area (Å²) in [6, 6.07) is 81.0. The minimum absolute atomic E-state index is 0.000358. The largest absolute Gasteiger partial charge is 0.330 e. The van der Waals surface area contributed by atoms with Crippen molar-refractivity contribution in [2.24, 2.45) is 0 Å². The number of nitrogens with zero attached hydrogens (tertiary/aromatic N) is 4. The smallest absolute Gasteiger partial charge is 0.252 e. The van der Waals surface area contributed by atoms with Crippen LogP contribution >= 0.6 is 0 Å². The van der Waals surface area contributed by atoms with Gasteiger partial charge in [-0.25, -0.2) is 0 Å². The van der Waals surface area contributed by atoms with E-state index in [0.29, 0.717) is 0 Å². The van der Waals surface area contributed by atoms with E-state index in [1.165, 1.54) is 106 Å². The van der Waals surface area contributed by atoms with E-state index in [-0.39, 0.29) is 23.0 Å². The van der Waals surface area contributed by atoms with Crippen molar-refractivity contribution in [1.29, 1.82) is 0 Å². The van der Waals surface area contributed by atoms with Crippen LogP contribution in [0.5, 0.6) is 0 Å². The molecule has 5 heteroatoms. The van der Waals surface area contributed by atoms with Crippen LogP contribution in [0.25, 0.3) is 33.4 Å². The number of benzene rings is 9. The number of hydrogen-bond acceptors (Lipinski definition) is 4. The molecule has 0 saturated heterocycles. The van der Waals surface area contributed by atoms with Gasteiger partial charge in [0.25, 0.3) is 6.71 Å². The van der Waals surface area contributed by atoms with E-state index in [2.05, 4.69) is 287 Å². The second-order valence-corrected chi connectivity index (χ2v) is 24.7. The average molecular weight is 1010 g/mol. The molecule has 14 rings (SSSR count). The molecule has 78 heavy (non-hydrogen) atoms. The van der Waals surface area contributed by atoms with E-state index in [4.69, 9.17) is 0 Å². The molecule has 0 fully saturated rings. The van der Waals surface area contributed by atoms with Gasteiger partial charge in [0.15, 0.2) is 0 Å². The summed E-state index contributed by atoms with van der Waals surface area (Å²) in [6.45, 7) is 19.0. The van der Waals surface area contributed by atoms with Crippen LogP contribution in [0.15, 0.2) is 225 Å². The van der Waals surface area contributed by atoms with Gasteiger partial charge in [-0.3, -0.25) is 4.98 Å². The van der Waals surface area contributed by atoms with Gasteiger partial charge in [-0.2, -0.15) is 0 Å². The minimum Gasteiger partial charge on any atom is -0.330 e. The third kappa shape index (κ3) is 7.30. The Balaban J connectivity index is 1.11. The lowest BCUT2D eigenvalue weighted by molar-refractivity contribution is 0.245. The molecule has 1 aliphatic carbocycles. The predicted octanol–water partition coefficient (Wildman–Crippen LogP) is 17.0. The molecule has 4 heterocycles. The summed E-state index contributed by atoms with van der Waals surface area (Å²) < 4.78 is 0. The maximum atomic E-state index is 4.59. The van der Waals surface area contributed by atoms with Gasteiger partial charge in [0.2, 0.25) is 0 Å². The van der Waals surface area contributed by atoms with Gasteiger partial charge in [-0.05, 0) is 175 Å². The van der Waals surface area contributed by atoms with Crippen molar-refractivity contribution in [1.82, 2.24) is 4.98 Å². The Morgan fingerprint density at radius 1 is 0.423 bits per heavy atom. The van der Waals surface area contributed by atoms with Crippen LogP contribution in [-0.2, 0) is 28.2 Å². The number of rotatable bonds is 6. The number of aryl methyl sites for hydroxylation is 1. The summed E-state index contributed by atoms with van der Waals surface area (Å²) in [7, 11) is 0. The Morgan fingerprint density at radius 2 is 1.03 bits per heavy atom. The van der Waals surface area contributed by atoms with Crippen LogP contribution in [0.3, 0.4) is 0 Å². The van der Waals surface area contributed by atoms with Gasteiger partial charge in [-0.15, -0.1) is 0 Å². The van der Waals surface area contributed by atoms with Crippen LogP contribution in [0.4, 0.5) is 45.5 Å². The molecule has 1 aromatic heterocycles. The molecule has 0 bridgehead atoms. The molecule has 9 aromatic carbocycles. The Kier molecular flexibility index (Phi) is 10.8. The molecule has 0 amide bonds. The van der Waals surface area contributed by atoms with Crippen molar-refractivity contribution in [3.8, 4) is 33.4 Å². The van der Waals surface area contributed by atoms with Crippen LogP contribution in [0.2, 0.25) is 0 Å². The number of anilines is 8. The zero-order valence-corrected chi connectivity index (χ0v) is 46.1. The fraction of sp³-hybridized carbons (Fsp3) is 0.192. The predicted molar refractivity (Wildman–Crippen MR) is 330 cm³/mol. The maximum Gasteiger partial charge on any atom is 0.252 e. The molecule has 0 spiro atoms. The Hall–Kier alpha value is -8.41. The first-order chi connectivity index (χ1) is 37.7. The normalized spacial score (nSPS) is 17.9. The topological polar surface area (TPSA) is 22.6 Å². The molecule has 10 aromatic rings. The summed E-state index contributed by atoms with van der Waals surface area (Å²) in [4.78, 5) is 12.6. The molecule has 0 radical (unpaired) electrons. The molecule has 0 saturated carbocycles. The lowest BCUT2D eigenvalue weighted by Gasteiger charge is -2.52. The summed E-state index contributed by atoms with van der Waals surface area (Å²) in [5.74, 6) is 0. The quantitative estimate of drug-likeness (QED) is 0.155. The number of hydrogen-bond donors (Lipinski definition) is 0. The summed E-state index contributed by atoms with van der Waals surface area (Å²) in [5, 5.41) is 0. The first-order valence-corrected chi connectivity index (χ1v) is 28.0. The van der Waals surface area contributed by atoms with Gasteiger partial charge in [0.05, 0.1) is 5.54 Å². The van der Waals surface area contributed by atoms with Crippen molar-refractivity contribution in [2.45, 2.75) is 90.0 Å². The van der Waals surface area contributed by atoms with Gasteiger partial charge >= 0.3 is 0 Å². The number of aromatic nitrogens is 1. The molecule has 2 unspecified atom stereocenters. The zero-order valence-electron chi connectivity index (χ0n) is 46.1. The van der Waals surface area contributed by atoms with E-state index < -0.39 is 5.54 Å². The van der Waals surface area contributed by atoms with Gasteiger partial charge in [-0.1, -0.05) is 194 Å². The highest BCUT2D eigenvalue weighted by molar-refractivity contribution is 7.00. The Labute approximate surface area is 461 Å². The van der Waals surface area contributed by atoms with Crippen molar-refractivity contribution in [3.63, 3.8) is 0 Å². The van der Waals surface area contributed by atoms with Crippen molar-refractivity contribution < 1.29 is 0 Å². The molecule has 4 nitrogen and oxygen atoms in total. The molecule has 3 aliphatic heterocycles. The van der Waals surface area contributed by atoms with Crippen molar-refractivity contribution >= 4 is 68.6 Å². The highest BCUT2D eigenvalue weighted by Crippen LogP contribution is 2.65. The minimum atomic E-state index is -0.462. The Bertz CT molecular complexity index is 3990. The van der Waals surface area contributed by atoms with Crippen LogP contribution in [0, 0.1) is 0 Å². The summed E-state index contributed by atoms with van der Waals surface area (Å²) in [5.41, 5.74) is 26.6. The first-order valence-electron chi connectivity index (χ1n) is 28.0. The van der Waals surface area contributed by atoms with E-state index in [0.717, 1.165) is 29.8 Å². The van der Waals surface area contributed by atoms with Gasteiger partial charge in [0.1, 0.15) is 0 Å². The molecule has 0 N–H and O–H groups in total. The summed E-state index contributed by atoms with van der Waals surface area (Å²) in [6.07, 6.45) is 5.91. The highest BCUT2D eigenvalue weighted by Gasteiger charge is 2.60. The standard InChI is InChI=1S/C73H65BN4/c1-70(2,3)55-30-33-57(34-31-55)76-65-37-32-56(71(4,5)6)44-63(65)74-62-35-28-53(49-21-13-10-14-22-49)43-66(62)77(58-26-17-24-51(41-58)48-19-11-9-12-20-48)68-46-59(45-67(76)69(68)74)78-64-36-29-52(54-25-18-40-75-47-54)42-61(64)72(7)39-38-50-23-15-16-27-60(50)73(72,78)8/h9-37,40-47H,38-39H2,1-8H3. The van der Waals surface area contributed by atoms with E-state index in [1.807, 2.05) is 12.4 Å². The first kappa shape index (κ1) is 48.0.